The first-order chi connectivity index (χ1) is 10.1. The summed E-state index contributed by atoms with van der Waals surface area (Å²) in [5.74, 6) is 1.58. The number of rotatable bonds is 5. The van der Waals surface area contributed by atoms with E-state index in [1.54, 1.807) is 14.2 Å². The van der Waals surface area contributed by atoms with Gasteiger partial charge in [-0.15, -0.1) is 0 Å². The van der Waals surface area contributed by atoms with E-state index in [-0.39, 0.29) is 6.04 Å². The van der Waals surface area contributed by atoms with Gasteiger partial charge in [-0.25, -0.2) is 0 Å². The highest BCUT2D eigenvalue weighted by atomic mass is 79.9. The van der Waals surface area contributed by atoms with Crippen LogP contribution in [0.15, 0.2) is 40.9 Å². The van der Waals surface area contributed by atoms with E-state index in [1.165, 1.54) is 11.1 Å². The Morgan fingerprint density at radius 2 is 1.48 bits per heavy atom. The highest BCUT2D eigenvalue weighted by Gasteiger charge is 2.15. The quantitative estimate of drug-likeness (QED) is 0.881. The van der Waals surface area contributed by atoms with E-state index in [9.17, 15) is 0 Å². The third-order valence-electron chi connectivity index (χ3n) is 3.39. The Bertz CT molecular complexity index is 586. The van der Waals surface area contributed by atoms with Crippen LogP contribution in [0, 0.1) is 6.92 Å². The predicted octanol–water partition coefficient (Wildman–Crippen LogP) is 4.08. The monoisotopic (exact) mass is 349 g/mol. The van der Waals surface area contributed by atoms with E-state index in [2.05, 4.69) is 46.4 Å². The predicted molar refractivity (Wildman–Crippen MR) is 89.3 cm³/mol. The van der Waals surface area contributed by atoms with Crippen molar-refractivity contribution in [2.75, 3.05) is 21.3 Å². The van der Waals surface area contributed by atoms with Gasteiger partial charge in [-0.2, -0.15) is 0 Å². The van der Waals surface area contributed by atoms with Crippen molar-refractivity contribution in [1.82, 2.24) is 5.32 Å². The lowest BCUT2D eigenvalue weighted by molar-refractivity contribution is 0.392. The summed E-state index contributed by atoms with van der Waals surface area (Å²) in [7, 11) is 5.28. The van der Waals surface area contributed by atoms with Crippen molar-refractivity contribution in [2.24, 2.45) is 0 Å². The zero-order valence-corrected chi connectivity index (χ0v) is 14.3. The van der Waals surface area contributed by atoms with Gasteiger partial charge < -0.3 is 14.8 Å². The fourth-order valence-corrected chi connectivity index (χ4v) is 3.08. The molecule has 2 aromatic rings. The second-order valence-electron chi connectivity index (χ2n) is 4.93. The van der Waals surface area contributed by atoms with E-state index in [0.717, 1.165) is 21.5 Å². The topological polar surface area (TPSA) is 30.5 Å². The molecular weight excluding hydrogens is 330 g/mol. The highest BCUT2D eigenvalue weighted by Crippen LogP contribution is 2.31. The molecular formula is C17H20BrNO2. The van der Waals surface area contributed by atoms with Crippen LogP contribution in [0.25, 0.3) is 0 Å². The summed E-state index contributed by atoms with van der Waals surface area (Å²) in [6.07, 6.45) is 0. The fourth-order valence-electron chi connectivity index (χ4n) is 2.45. The van der Waals surface area contributed by atoms with Crippen LogP contribution in [-0.4, -0.2) is 21.3 Å². The molecule has 0 aliphatic carbocycles. The lowest BCUT2D eigenvalue weighted by atomic mass is 9.97. The van der Waals surface area contributed by atoms with Gasteiger partial charge in [-0.05, 0) is 54.9 Å². The van der Waals surface area contributed by atoms with Crippen LogP contribution >= 0.6 is 15.9 Å². The Morgan fingerprint density at radius 3 is 1.95 bits per heavy atom. The van der Waals surface area contributed by atoms with E-state index in [1.807, 2.05) is 25.2 Å². The third kappa shape index (κ3) is 3.77. The number of methoxy groups -OCH3 is 2. The first-order valence-corrected chi connectivity index (χ1v) is 7.54. The number of halogens is 1. The molecule has 4 heteroatoms. The number of aryl methyl sites for hydroxylation is 1. The summed E-state index contributed by atoms with van der Waals surface area (Å²) in [4.78, 5) is 0. The Morgan fingerprint density at radius 1 is 0.905 bits per heavy atom. The Labute approximate surface area is 134 Å². The first kappa shape index (κ1) is 15.9. The van der Waals surface area contributed by atoms with Gasteiger partial charge in [0, 0.05) is 10.5 Å². The fraction of sp³-hybridized carbons (Fsp3) is 0.294. The lowest BCUT2D eigenvalue weighted by Crippen LogP contribution is -2.18. The normalized spacial score (nSPS) is 12.0. The molecule has 1 unspecified atom stereocenters. The molecule has 21 heavy (non-hydrogen) atoms. The first-order valence-electron chi connectivity index (χ1n) is 6.74. The maximum absolute atomic E-state index is 5.36. The van der Waals surface area contributed by atoms with Crippen LogP contribution in [0.4, 0.5) is 0 Å². The molecule has 0 aromatic heterocycles. The van der Waals surface area contributed by atoms with Crippen LogP contribution in [-0.2, 0) is 0 Å². The van der Waals surface area contributed by atoms with Crippen molar-refractivity contribution >= 4 is 15.9 Å². The Balaban J connectivity index is 2.49. The van der Waals surface area contributed by atoms with Crippen molar-refractivity contribution < 1.29 is 9.47 Å². The minimum atomic E-state index is 0.0743. The van der Waals surface area contributed by atoms with E-state index in [4.69, 9.17) is 9.47 Å². The van der Waals surface area contributed by atoms with Crippen molar-refractivity contribution in [2.45, 2.75) is 13.0 Å². The molecule has 0 radical (unpaired) electrons. The molecule has 2 aromatic carbocycles. The van der Waals surface area contributed by atoms with E-state index in [0.29, 0.717) is 0 Å². The summed E-state index contributed by atoms with van der Waals surface area (Å²) in [5, 5.41) is 3.36. The number of nitrogens with one attached hydrogen (secondary N) is 1. The molecule has 0 saturated carbocycles. The van der Waals surface area contributed by atoms with Crippen molar-refractivity contribution in [3.63, 3.8) is 0 Å². The van der Waals surface area contributed by atoms with Gasteiger partial charge in [0.1, 0.15) is 11.5 Å². The van der Waals surface area contributed by atoms with Crippen LogP contribution in [0.5, 0.6) is 11.5 Å². The average molecular weight is 350 g/mol. The number of hydrogen-bond acceptors (Lipinski definition) is 3. The van der Waals surface area contributed by atoms with Gasteiger partial charge in [0.05, 0.1) is 20.3 Å². The van der Waals surface area contributed by atoms with Crippen LogP contribution in [0.1, 0.15) is 22.7 Å². The molecule has 0 fully saturated rings. The van der Waals surface area contributed by atoms with Crippen LogP contribution in [0.2, 0.25) is 0 Å². The second kappa shape index (κ2) is 6.96. The molecule has 0 heterocycles. The molecule has 0 aliphatic rings. The smallest absolute Gasteiger partial charge is 0.122 e. The third-order valence-corrected chi connectivity index (χ3v) is 3.85. The molecule has 0 bridgehead atoms. The van der Waals surface area contributed by atoms with E-state index >= 15 is 0 Å². The van der Waals surface area contributed by atoms with Crippen LogP contribution < -0.4 is 14.8 Å². The zero-order chi connectivity index (χ0) is 15.4. The zero-order valence-electron chi connectivity index (χ0n) is 12.7. The molecule has 2 rings (SSSR count). The average Bonchev–Trinajstić information content (AvgIpc) is 2.46. The lowest BCUT2D eigenvalue weighted by Gasteiger charge is -2.20. The minimum Gasteiger partial charge on any atom is -0.497 e. The Kier molecular flexibility index (Phi) is 5.26. The number of ether oxygens (including phenoxy) is 2. The van der Waals surface area contributed by atoms with Crippen LogP contribution in [0.3, 0.4) is 0 Å². The van der Waals surface area contributed by atoms with Gasteiger partial charge >= 0.3 is 0 Å². The summed E-state index contributed by atoms with van der Waals surface area (Å²) >= 11 is 3.56. The molecule has 0 spiro atoms. The molecule has 112 valence electrons. The number of hydrogen-bond donors (Lipinski definition) is 1. The Hall–Kier alpha value is -1.52. The van der Waals surface area contributed by atoms with Gasteiger partial charge in [0.2, 0.25) is 0 Å². The molecule has 0 aliphatic heterocycles. The maximum atomic E-state index is 5.36. The highest BCUT2D eigenvalue weighted by molar-refractivity contribution is 9.10. The molecule has 1 N–H and O–H groups in total. The molecule has 0 amide bonds. The summed E-state index contributed by atoms with van der Waals surface area (Å²) < 4.78 is 11.8. The number of benzene rings is 2. The van der Waals surface area contributed by atoms with Gasteiger partial charge in [0.15, 0.2) is 0 Å². The summed E-state index contributed by atoms with van der Waals surface area (Å²) in [6, 6.07) is 12.4. The van der Waals surface area contributed by atoms with Crippen molar-refractivity contribution in [1.29, 1.82) is 0 Å². The van der Waals surface area contributed by atoms with Crippen molar-refractivity contribution in [3.05, 3.63) is 57.6 Å². The van der Waals surface area contributed by atoms with Gasteiger partial charge in [-0.3, -0.25) is 0 Å². The van der Waals surface area contributed by atoms with Crippen molar-refractivity contribution in [3.8, 4) is 11.5 Å². The molecule has 1 atom stereocenters. The molecule has 0 saturated heterocycles. The second-order valence-corrected chi connectivity index (χ2v) is 5.85. The molecule has 3 nitrogen and oxygen atoms in total. The maximum Gasteiger partial charge on any atom is 0.122 e. The van der Waals surface area contributed by atoms with E-state index < -0.39 is 0 Å². The van der Waals surface area contributed by atoms with Gasteiger partial charge in [-0.1, -0.05) is 22.0 Å². The summed E-state index contributed by atoms with van der Waals surface area (Å²) in [5.41, 5.74) is 3.51. The minimum absolute atomic E-state index is 0.0743. The van der Waals surface area contributed by atoms with Gasteiger partial charge in [0.25, 0.3) is 0 Å². The largest absolute Gasteiger partial charge is 0.497 e. The SMILES string of the molecule is CNC(c1cc(C)cc(Br)c1)c1cc(OC)cc(OC)c1. The standard InChI is InChI=1S/C17H20BrNO2/c1-11-5-12(7-14(18)6-11)17(19-2)13-8-15(20-3)10-16(9-13)21-4/h5-10,17,19H,1-4H3. The summed E-state index contributed by atoms with van der Waals surface area (Å²) in [6.45, 7) is 2.09.